The largest absolute Gasteiger partial charge is 0.422 e. The third-order valence-corrected chi connectivity index (χ3v) is 5.89. The number of carbonyl (C=O) groups is 1. The summed E-state index contributed by atoms with van der Waals surface area (Å²) < 4.78 is 5.48. The Hall–Kier alpha value is -3.34. The number of nitrogens with two attached hydrogens (primary N) is 2. The normalized spacial score (nSPS) is 12.3. The van der Waals surface area contributed by atoms with Gasteiger partial charge in [-0.15, -0.1) is 0 Å². The van der Waals surface area contributed by atoms with Gasteiger partial charge in [-0.05, 0) is 82.4 Å². The van der Waals surface area contributed by atoms with Crippen LogP contribution in [-0.4, -0.2) is 5.91 Å². The monoisotopic (exact) mass is 476 g/mol. The van der Waals surface area contributed by atoms with Gasteiger partial charge in [-0.1, -0.05) is 55.0 Å². The van der Waals surface area contributed by atoms with E-state index in [1.807, 2.05) is 19.1 Å². The summed E-state index contributed by atoms with van der Waals surface area (Å²) in [6, 6.07) is 5.48. The zero-order valence-electron chi connectivity index (χ0n) is 21.0. The SMILES string of the molecule is Cc1c(CCCCCC=CCC=CCC=CCC=CCCCC(N)=O)c(=O)oc2cc(N)ccc12. The summed E-state index contributed by atoms with van der Waals surface area (Å²) in [5, 5.41) is 0.964. The van der Waals surface area contributed by atoms with Gasteiger partial charge in [-0.2, -0.15) is 0 Å². The molecule has 5 heteroatoms. The molecule has 5 nitrogen and oxygen atoms in total. The van der Waals surface area contributed by atoms with Crippen LogP contribution in [0.3, 0.4) is 0 Å². The predicted molar refractivity (Wildman–Crippen MR) is 147 cm³/mol. The fourth-order valence-electron chi connectivity index (χ4n) is 3.88. The highest BCUT2D eigenvalue weighted by Gasteiger charge is 2.11. The van der Waals surface area contributed by atoms with Crippen LogP contribution in [0.25, 0.3) is 11.0 Å². The molecule has 0 saturated carbocycles. The molecule has 0 aliphatic carbocycles. The van der Waals surface area contributed by atoms with E-state index < -0.39 is 0 Å². The Kier molecular flexibility index (Phi) is 13.0. The second-order valence-corrected chi connectivity index (χ2v) is 8.80. The smallest absolute Gasteiger partial charge is 0.339 e. The van der Waals surface area contributed by atoms with E-state index in [1.165, 1.54) is 0 Å². The summed E-state index contributed by atoms with van der Waals surface area (Å²) in [6.45, 7) is 1.99. The van der Waals surface area contributed by atoms with Crippen LogP contribution in [0.5, 0.6) is 0 Å². The first-order valence-electron chi connectivity index (χ1n) is 12.7. The predicted octanol–water partition coefficient (Wildman–Crippen LogP) is 6.84. The number of aryl methyl sites for hydroxylation is 1. The molecule has 0 fully saturated rings. The number of hydrogen-bond acceptors (Lipinski definition) is 4. The lowest BCUT2D eigenvalue weighted by atomic mass is 10.0. The van der Waals surface area contributed by atoms with Crippen molar-refractivity contribution in [2.24, 2.45) is 5.73 Å². The summed E-state index contributed by atoms with van der Waals surface area (Å²) in [4.78, 5) is 23.0. The molecule has 1 aromatic heterocycles. The van der Waals surface area contributed by atoms with Gasteiger partial charge in [0.1, 0.15) is 5.58 Å². The van der Waals surface area contributed by atoms with E-state index in [0.29, 0.717) is 17.7 Å². The quantitative estimate of drug-likeness (QED) is 0.120. The molecule has 35 heavy (non-hydrogen) atoms. The van der Waals surface area contributed by atoms with Crippen LogP contribution in [0.2, 0.25) is 0 Å². The second kappa shape index (κ2) is 16.3. The van der Waals surface area contributed by atoms with Crippen LogP contribution in [0.1, 0.15) is 75.3 Å². The van der Waals surface area contributed by atoms with E-state index in [0.717, 1.165) is 80.7 Å². The molecule has 0 saturated heterocycles. The van der Waals surface area contributed by atoms with Crippen molar-refractivity contribution in [1.29, 1.82) is 0 Å². The van der Waals surface area contributed by atoms with Gasteiger partial charge in [-0.25, -0.2) is 4.79 Å². The molecule has 1 aromatic carbocycles. The first-order valence-corrected chi connectivity index (χ1v) is 12.7. The second-order valence-electron chi connectivity index (χ2n) is 8.80. The number of unbranched alkanes of at least 4 members (excludes halogenated alkanes) is 4. The minimum Gasteiger partial charge on any atom is -0.422 e. The number of hydrogen-bond donors (Lipinski definition) is 2. The Morgan fingerprint density at radius 2 is 1.46 bits per heavy atom. The van der Waals surface area contributed by atoms with Crippen molar-refractivity contribution < 1.29 is 9.21 Å². The van der Waals surface area contributed by atoms with Gasteiger partial charge < -0.3 is 15.9 Å². The van der Waals surface area contributed by atoms with Crippen molar-refractivity contribution in [2.45, 2.75) is 77.6 Å². The molecule has 0 atom stereocenters. The van der Waals surface area contributed by atoms with Gasteiger partial charge in [0.05, 0.1) is 0 Å². The Bertz CT molecular complexity index is 1110. The molecule has 1 heterocycles. The van der Waals surface area contributed by atoms with Crippen molar-refractivity contribution in [3.63, 3.8) is 0 Å². The van der Waals surface area contributed by atoms with Crippen LogP contribution in [-0.2, 0) is 11.2 Å². The van der Waals surface area contributed by atoms with Gasteiger partial charge in [0.25, 0.3) is 0 Å². The maximum absolute atomic E-state index is 12.4. The molecule has 0 aliphatic heterocycles. The molecule has 0 bridgehead atoms. The van der Waals surface area contributed by atoms with Crippen LogP contribution >= 0.6 is 0 Å². The number of carbonyl (C=O) groups excluding carboxylic acids is 1. The number of allylic oxidation sites excluding steroid dienone is 8. The minimum absolute atomic E-state index is 0.230. The lowest BCUT2D eigenvalue weighted by Gasteiger charge is -2.08. The highest BCUT2D eigenvalue weighted by atomic mass is 16.4. The number of benzene rings is 1. The molecule has 0 aliphatic rings. The zero-order valence-corrected chi connectivity index (χ0v) is 21.0. The lowest BCUT2D eigenvalue weighted by Crippen LogP contribution is -2.10. The topological polar surface area (TPSA) is 99.3 Å². The molecule has 188 valence electrons. The average molecular weight is 477 g/mol. The summed E-state index contributed by atoms with van der Waals surface area (Å²) >= 11 is 0. The first-order chi connectivity index (χ1) is 17.0. The Labute approximate surface area is 209 Å². The molecule has 1 amide bonds. The molecule has 0 radical (unpaired) electrons. The van der Waals surface area contributed by atoms with E-state index >= 15 is 0 Å². The summed E-state index contributed by atoms with van der Waals surface area (Å²) in [5.74, 6) is -0.230. The number of rotatable bonds is 16. The van der Waals surface area contributed by atoms with E-state index in [4.69, 9.17) is 15.9 Å². The standard InChI is InChI=1S/C30H40N2O3/c1-24-26-22-21-25(31)23-28(26)35-30(34)27(24)19-17-15-13-11-9-7-5-3-2-4-6-8-10-12-14-16-18-20-29(32)33/h2-3,6-9,12,14,21-23H,4-5,10-11,13,15-20,31H2,1H3,(H2,32,33). The third-order valence-electron chi connectivity index (χ3n) is 5.89. The number of anilines is 1. The maximum Gasteiger partial charge on any atom is 0.339 e. The first kappa shape index (κ1) is 27.9. The fraction of sp³-hybridized carbons (Fsp3) is 0.400. The lowest BCUT2D eigenvalue weighted by molar-refractivity contribution is -0.118. The number of nitrogen functional groups attached to an aromatic ring is 1. The van der Waals surface area contributed by atoms with Crippen LogP contribution in [0.4, 0.5) is 5.69 Å². The Morgan fingerprint density at radius 3 is 2.09 bits per heavy atom. The highest BCUT2D eigenvalue weighted by molar-refractivity contribution is 5.83. The third kappa shape index (κ3) is 11.1. The average Bonchev–Trinajstić information content (AvgIpc) is 2.81. The Morgan fingerprint density at radius 1 is 0.857 bits per heavy atom. The van der Waals surface area contributed by atoms with Crippen molar-refractivity contribution >= 4 is 22.6 Å². The van der Waals surface area contributed by atoms with Gasteiger partial charge in [0.15, 0.2) is 0 Å². The maximum atomic E-state index is 12.4. The van der Waals surface area contributed by atoms with Crippen molar-refractivity contribution in [3.05, 3.63) is 88.4 Å². The van der Waals surface area contributed by atoms with E-state index in [-0.39, 0.29) is 11.5 Å². The van der Waals surface area contributed by atoms with E-state index in [9.17, 15) is 9.59 Å². The Balaban J connectivity index is 1.54. The van der Waals surface area contributed by atoms with Gasteiger partial charge in [0, 0.05) is 29.1 Å². The minimum atomic E-state index is -0.240. The van der Waals surface area contributed by atoms with Gasteiger partial charge in [-0.3, -0.25) is 4.79 Å². The van der Waals surface area contributed by atoms with Crippen molar-refractivity contribution in [1.82, 2.24) is 0 Å². The van der Waals surface area contributed by atoms with E-state index in [1.54, 1.807) is 6.07 Å². The zero-order chi connectivity index (χ0) is 25.3. The summed E-state index contributed by atoms with van der Waals surface area (Å²) in [5.41, 5.74) is 13.6. The summed E-state index contributed by atoms with van der Waals surface area (Å²) in [7, 11) is 0. The number of primary amides is 1. The van der Waals surface area contributed by atoms with Crippen LogP contribution < -0.4 is 17.1 Å². The van der Waals surface area contributed by atoms with Crippen LogP contribution in [0.15, 0.2) is 76.0 Å². The van der Waals surface area contributed by atoms with E-state index in [2.05, 4.69) is 48.6 Å². The van der Waals surface area contributed by atoms with Crippen molar-refractivity contribution in [2.75, 3.05) is 5.73 Å². The van der Waals surface area contributed by atoms with Crippen molar-refractivity contribution in [3.8, 4) is 0 Å². The molecule has 0 spiro atoms. The van der Waals surface area contributed by atoms with Crippen LogP contribution in [0, 0.1) is 6.92 Å². The fourth-order valence-corrected chi connectivity index (χ4v) is 3.88. The van der Waals surface area contributed by atoms with Gasteiger partial charge in [0.2, 0.25) is 5.91 Å². The highest BCUT2D eigenvalue weighted by Crippen LogP contribution is 2.22. The molecule has 4 N–H and O–H groups in total. The molecule has 2 rings (SSSR count). The molecular weight excluding hydrogens is 436 g/mol. The number of fused-ring (bicyclic) bond motifs is 1. The molecule has 2 aromatic rings. The van der Waals surface area contributed by atoms with Gasteiger partial charge >= 0.3 is 5.63 Å². The summed E-state index contributed by atoms with van der Waals surface area (Å²) in [6.07, 6.45) is 27.4. The molecule has 0 unspecified atom stereocenters. The molecular formula is C30H40N2O3. The number of amides is 1.